The first-order valence-electron chi connectivity index (χ1n) is 8.39. The van der Waals surface area contributed by atoms with Crippen LogP contribution in [0.4, 0.5) is 0 Å². The van der Waals surface area contributed by atoms with Gasteiger partial charge in [-0.1, -0.05) is 48.0 Å². The summed E-state index contributed by atoms with van der Waals surface area (Å²) in [6.07, 6.45) is 3.61. The van der Waals surface area contributed by atoms with Crippen LogP contribution in [0.2, 0.25) is 5.02 Å². The second kappa shape index (κ2) is 10.8. The van der Waals surface area contributed by atoms with Crippen molar-refractivity contribution in [2.24, 2.45) is 0 Å². The molecule has 0 saturated heterocycles. The fourth-order valence-electron chi connectivity index (χ4n) is 2.60. The van der Waals surface area contributed by atoms with Crippen LogP contribution in [0.3, 0.4) is 0 Å². The van der Waals surface area contributed by atoms with Crippen molar-refractivity contribution < 1.29 is 9.47 Å². The van der Waals surface area contributed by atoms with Crippen LogP contribution in [-0.4, -0.2) is 12.1 Å². The van der Waals surface area contributed by atoms with E-state index in [1.165, 1.54) is 0 Å². The van der Waals surface area contributed by atoms with Crippen LogP contribution in [0, 0.1) is 0 Å². The highest BCUT2D eigenvalue weighted by Gasteiger charge is 2.12. The van der Waals surface area contributed by atoms with E-state index in [4.69, 9.17) is 21.1 Å². The molecule has 0 bridgehead atoms. The second-order valence-corrected chi connectivity index (χ2v) is 6.26. The molecule has 3 aromatic rings. The van der Waals surface area contributed by atoms with Crippen LogP contribution in [-0.2, 0) is 19.7 Å². The van der Waals surface area contributed by atoms with Gasteiger partial charge >= 0.3 is 0 Å². The minimum atomic E-state index is 0. The van der Waals surface area contributed by atoms with Crippen LogP contribution in [0.5, 0.6) is 11.5 Å². The van der Waals surface area contributed by atoms with E-state index in [9.17, 15) is 0 Å². The van der Waals surface area contributed by atoms with Crippen LogP contribution in [0.15, 0.2) is 67.0 Å². The van der Waals surface area contributed by atoms with Crippen LogP contribution < -0.4 is 14.8 Å². The maximum absolute atomic E-state index is 6.43. The Morgan fingerprint density at radius 3 is 2.41 bits per heavy atom. The molecule has 0 amide bonds. The van der Waals surface area contributed by atoms with Gasteiger partial charge in [0.05, 0.1) is 12.1 Å². The molecule has 27 heavy (non-hydrogen) atoms. The third-order valence-electron chi connectivity index (χ3n) is 3.90. The Hall–Kier alpha value is -2.27. The van der Waals surface area contributed by atoms with Crippen molar-refractivity contribution in [1.82, 2.24) is 10.3 Å². The van der Waals surface area contributed by atoms with Gasteiger partial charge in [-0.05, 0) is 34.9 Å². The molecule has 0 aliphatic rings. The standard InChI is InChI=1S/C21H21ClN2O2.ClH/c1-25-20-11-18(14-24-13-17-8-5-9-23-12-17)10-19(22)21(20)26-15-16-6-3-2-4-7-16;/h2-12,24H,13-15H2,1H3;1H. The van der Waals surface area contributed by atoms with Crippen LogP contribution in [0.25, 0.3) is 0 Å². The molecule has 0 saturated carbocycles. The highest BCUT2D eigenvalue weighted by molar-refractivity contribution is 6.32. The van der Waals surface area contributed by atoms with Crippen molar-refractivity contribution in [3.63, 3.8) is 0 Å². The molecule has 1 N–H and O–H groups in total. The van der Waals surface area contributed by atoms with E-state index in [0.29, 0.717) is 29.7 Å². The third-order valence-corrected chi connectivity index (χ3v) is 4.18. The van der Waals surface area contributed by atoms with Gasteiger partial charge in [-0.3, -0.25) is 4.98 Å². The van der Waals surface area contributed by atoms with Crippen molar-refractivity contribution in [1.29, 1.82) is 0 Å². The van der Waals surface area contributed by atoms with E-state index in [0.717, 1.165) is 23.2 Å². The smallest absolute Gasteiger partial charge is 0.180 e. The molecule has 6 heteroatoms. The first kappa shape index (κ1) is 21.0. The summed E-state index contributed by atoms with van der Waals surface area (Å²) < 4.78 is 11.4. The van der Waals surface area contributed by atoms with E-state index in [1.54, 1.807) is 13.3 Å². The lowest BCUT2D eigenvalue weighted by atomic mass is 10.2. The topological polar surface area (TPSA) is 43.4 Å². The predicted octanol–water partition coefficient (Wildman–Crippen LogP) is 5.03. The number of hydrogen-bond donors (Lipinski definition) is 1. The lowest BCUT2D eigenvalue weighted by Crippen LogP contribution is -2.13. The Labute approximate surface area is 170 Å². The molecule has 3 rings (SSSR count). The van der Waals surface area contributed by atoms with Gasteiger partial charge in [-0.15, -0.1) is 12.4 Å². The number of ether oxygens (including phenoxy) is 2. The van der Waals surface area contributed by atoms with Crippen molar-refractivity contribution in [3.05, 3.63) is 88.7 Å². The Balaban J connectivity index is 0.00000261. The van der Waals surface area contributed by atoms with Gasteiger partial charge in [0.2, 0.25) is 0 Å². The monoisotopic (exact) mass is 404 g/mol. The summed E-state index contributed by atoms with van der Waals surface area (Å²) in [4.78, 5) is 4.11. The molecule has 1 heterocycles. The number of methoxy groups -OCH3 is 1. The summed E-state index contributed by atoms with van der Waals surface area (Å²) in [5.41, 5.74) is 3.24. The Kier molecular flexibility index (Phi) is 8.40. The van der Waals surface area contributed by atoms with E-state index >= 15 is 0 Å². The van der Waals surface area contributed by atoms with Gasteiger partial charge in [0.25, 0.3) is 0 Å². The van der Waals surface area contributed by atoms with Gasteiger partial charge < -0.3 is 14.8 Å². The van der Waals surface area contributed by atoms with Gasteiger partial charge in [0.1, 0.15) is 6.61 Å². The molecule has 0 aliphatic carbocycles. The second-order valence-electron chi connectivity index (χ2n) is 5.85. The molecule has 0 fully saturated rings. The zero-order valence-electron chi connectivity index (χ0n) is 15.0. The molecule has 0 radical (unpaired) electrons. The average Bonchev–Trinajstić information content (AvgIpc) is 2.68. The molecule has 0 aliphatic heterocycles. The number of aromatic nitrogens is 1. The number of hydrogen-bond acceptors (Lipinski definition) is 4. The quantitative estimate of drug-likeness (QED) is 0.571. The van der Waals surface area contributed by atoms with Crippen molar-refractivity contribution in [3.8, 4) is 11.5 Å². The van der Waals surface area contributed by atoms with Crippen molar-refractivity contribution in [2.45, 2.75) is 19.7 Å². The minimum Gasteiger partial charge on any atom is -0.493 e. The molecule has 4 nitrogen and oxygen atoms in total. The lowest BCUT2D eigenvalue weighted by Gasteiger charge is -2.15. The highest BCUT2D eigenvalue weighted by Crippen LogP contribution is 2.37. The molecule has 0 atom stereocenters. The number of nitrogens with zero attached hydrogens (tertiary/aromatic N) is 1. The van der Waals surface area contributed by atoms with Gasteiger partial charge in [0.15, 0.2) is 11.5 Å². The zero-order valence-corrected chi connectivity index (χ0v) is 16.6. The molecule has 0 spiro atoms. The van der Waals surface area contributed by atoms with Gasteiger partial charge in [0, 0.05) is 25.5 Å². The fourth-order valence-corrected chi connectivity index (χ4v) is 2.89. The molecule has 1 aromatic heterocycles. The van der Waals surface area contributed by atoms with Crippen LogP contribution in [0.1, 0.15) is 16.7 Å². The summed E-state index contributed by atoms with van der Waals surface area (Å²) >= 11 is 6.43. The summed E-state index contributed by atoms with van der Waals surface area (Å²) in [7, 11) is 1.62. The normalized spacial score (nSPS) is 10.1. The van der Waals surface area contributed by atoms with Crippen molar-refractivity contribution in [2.75, 3.05) is 7.11 Å². The summed E-state index contributed by atoms with van der Waals surface area (Å²) in [6, 6.07) is 17.8. The third kappa shape index (κ3) is 6.14. The number of nitrogens with one attached hydrogen (secondary N) is 1. The first-order valence-corrected chi connectivity index (χ1v) is 8.77. The molecule has 2 aromatic carbocycles. The number of halogens is 2. The SMILES string of the molecule is COc1cc(CNCc2cccnc2)cc(Cl)c1OCc1ccccc1.Cl. The van der Waals surface area contributed by atoms with E-state index in [1.807, 2.05) is 60.8 Å². The predicted molar refractivity (Wildman–Crippen MR) is 111 cm³/mol. The minimum absolute atomic E-state index is 0. The summed E-state index contributed by atoms with van der Waals surface area (Å²) in [6.45, 7) is 1.85. The fraction of sp³-hybridized carbons (Fsp3) is 0.190. The van der Waals surface area contributed by atoms with Crippen LogP contribution >= 0.6 is 24.0 Å². The van der Waals surface area contributed by atoms with E-state index in [2.05, 4.69) is 10.3 Å². The molecular formula is C21H22Cl2N2O2. The molecule has 0 unspecified atom stereocenters. The van der Waals surface area contributed by atoms with Gasteiger partial charge in [-0.25, -0.2) is 0 Å². The maximum atomic E-state index is 6.43. The first-order chi connectivity index (χ1) is 12.8. The van der Waals surface area contributed by atoms with Crippen molar-refractivity contribution >= 4 is 24.0 Å². The Morgan fingerprint density at radius 2 is 1.70 bits per heavy atom. The summed E-state index contributed by atoms with van der Waals surface area (Å²) in [5, 5.41) is 3.92. The molecule has 142 valence electrons. The Morgan fingerprint density at radius 1 is 0.963 bits per heavy atom. The number of rotatable bonds is 8. The van der Waals surface area contributed by atoms with Gasteiger partial charge in [-0.2, -0.15) is 0 Å². The number of benzene rings is 2. The lowest BCUT2D eigenvalue weighted by molar-refractivity contribution is 0.284. The molecular weight excluding hydrogens is 383 g/mol. The van der Waals surface area contributed by atoms with E-state index in [-0.39, 0.29) is 12.4 Å². The average molecular weight is 405 g/mol. The number of pyridine rings is 1. The largest absolute Gasteiger partial charge is 0.493 e. The Bertz CT molecular complexity index is 830. The van der Waals surface area contributed by atoms with E-state index < -0.39 is 0 Å². The highest BCUT2D eigenvalue weighted by atomic mass is 35.5. The zero-order chi connectivity index (χ0) is 18.2. The maximum Gasteiger partial charge on any atom is 0.180 e. The summed E-state index contributed by atoms with van der Waals surface area (Å²) in [5.74, 6) is 1.20.